The second-order valence-corrected chi connectivity index (χ2v) is 12.6. The van der Waals surface area contributed by atoms with Gasteiger partial charge < -0.3 is 19.5 Å². The van der Waals surface area contributed by atoms with Gasteiger partial charge in [-0.15, -0.1) is 0 Å². The lowest BCUT2D eigenvalue weighted by Crippen LogP contribution is -2.40. The van der Waals surface area contributed by atoms with Crippen molar-refractivity contribution in [2.45, 2.75) is 37.5 Å². The number of amides is 1. The normalized spacial score (nSPS) is 11.8. The maximum Gasteiger partial charge on any atom is 0.220 e. The van der Waals surface area contributed by atoms with E-state index in [1.54, 1.807) is 0 Å². The number of rotatable bonds is 18. The fraction of sp³-hybridized carbons (Fsp3) is 0.196. The van der Waals surface area contributed by atoms with Gasteiger partial charge in [-0.25, -0.2) is 0 Å². The van der Waals surface area contributed by atoms with Crippen LogP contribution in [0.4, 0.5) is 0 Å². The first-order chi connectivity index (χ1) is 25.2. The smallest absolute Gasteiger partial charge is 0.220 e. The van der Waals surface area contributed by atoms with E-state index in [1.165, 1.54) is 0 Å². The highest BCUT2D eigenvalue weighted by atomic mass is 16.5. The third-order valence-corrected chi connectivity index (χ3v) is 8.91. The molecule has 6 aromatic carbocycles. The average molecular weight is 676 g/mol. The maximum absolute atomic E-state index is 13.2. The van der Waals surface area contributed by atoms with Gasteiger partial charge >= 0.3 is 0 Å². The number of ether oxygens (including phenoxy) is 3. The van der Waals surface area contributed by atoms with Crippen LogP contribution in [-0.2, 0) is 39.3 Å². The molecule has 258 valence electrons. The van der Waals surface area contributed by atoms with Crippen molar-refractivity contribution in [3.63, 3.8) is 0 Å². The molecule has 1 N–H and O–H groups in total. The van der Waals surface area contributed by atoms with Crippen LogP contribution in [0.15, 0.2) is 176 Å². The van der Waals surface area contributed by atoms with Crippen LogP contribution >= 0.6 is 0 Å². The molecule has 1 atom stereocenters. The second-order valence-electron chi connectivity index (χ2n) is 12.6. The first kappa shape index (κ1) is 35.3. The number of hydrogen-bond donors (Lipinski definition) is 1. The fourth-order valence-corrected chi connectivity index (χ4v) is 6.35. The first-order valence-corrected chi connectivity index (χ1v) is 17.7. The Labute approximate surface area is 301 Å². The minimum Gasteiger partial charge on any atom is -0.489 e. The Morgan fingerprint density at radius 3 is 1.57 bits per heavy atom. The summed E-state index contributed by atoms with van der Waals surface area (Å²) >= 11 is 0. The summed E-state index contributed by atoms with van der Waals surface area (Å²) in [4.78, 5) is 13.2. The predicted octanol–water partition coefficient (Wildman–Crippen LogP) is 8.95. The third-order valence-electron chi connectivity index (χ3n) is 8.91. The molecule has 6 rings (SSSR count). The molecule has 0 saturated heterocycles. The average Bonchev–Trinajstić information content (AvgIpc) is 3.20. The van der Waals surface area contributed by atoms with Gasteiger partial charge in [-0.05, 0) is 58.4 Å². The van der Waals surface area contributed by atoms with Crippen LogP contribution in [0.2, 0.25) is 0 Å². The molecule has 5 nitrogen and oxygen atoms in total. The summed E-state index contributed by atoms with van der Waals surface area (Å²) in [5.41, 5.74) is 5.66. The highest BCUT2D eigenvalue weighted by Gasteiger charge is 2.37. The van der Waals surface area contributed by atoms with Crippen LogP contribution in [0.25, 0.3) is 0 Å². The molecular weight excluding hydrogens is 631 g/mol. The highest BCUT2D eigenvalue weighted by Crippen LogP contribution is 2.40. The van der Waals surface area contributed by atoms with Crippen LogP contribution in [0.3, 0.4) is 0 Å². The van der Waals surface area contributed by atoms with Crippen LogP contribution in [0.5, 0.6) is 5.75 Å². The van der Waals surface area contributed by atoms with E-state index in [0.717, 1.165) is 39.1 Å². The fourth-order valence-electron chi connectivity index (χ4n) is 6.35. The molecule has 0 fully saturated rings. The summed E-state index contributed by atoms with van der Waals surface area (Å²) in [6, 6.07) is 59.1. The van der Waals surface area contributed by atoms with Gasteiger partial charge in [-0.3, -0.25) is 4.79 Å². The third kappa shape index (κ3) is 10.0. The van der Waals surface area contributed by atoms with Crippen LogP contribution < -0.4 is 10.1 Å². The quantitative estimate of drug-likeness (QED) is 0.0730. The van der Waals surface area contributed by atoms with Gasteiger partial charge in [0.1, 0.15) is 18.0 Å². The molecule has 0 saturated carbocycles. The van der Waals surface area contributed by atoms with Crippen molar-refractivity contribution >= 4 is 5.91 Å². The van der Waals surface area contributed by atoms with E-state index in [0.29, 0.717) is 45.7 Å². The van der Waals surface area contributed by atoms with Gasteiger partial charge in [0.2, 0.25) is 5.91 Å². The predicted molar refractivity (Wildman–Crippen MR) is 204 cm³/mol. The second kappa shape index (κ2) is 18.5. The Balaban J connectivity index is 1.11. The molecule has 51 heavy (non-hydrogen) atoms. The van der Waals surface area contributed by atoms with E-state index in [4.69, 9.17) is 14.2 Å². The SMILES string of the molecule is O=C(CCc1ccccc1)NC(COCCOC(c1ccccc1)(c1ccccc1)c1ccccc1)Cc1ccc(OCc2ccccc2)cc1. The lowest BCUT2D eigenvalue weighted by molar-refractivity contribution is -0.122. The number of nitrogens with one attached hydrogen (secondary N) is 1. The van der Waals surface area contributed by atoms with Crippen molar-refractivity contribution in [2.24, 2.45) is 0 Å². The summed E-state index contributed by atoms with van der Waals surface area (Å²) in [5, 5.41) is 3.25. The van der Waals surface area contributed by atoms with Crippen molar-refractivity contribution in [3.8, 4) is 5.75 Å². The van der Waals surface area contributed by atoms with Crippen molar-refractivity contribution in [1.29, 1.82) is 0 Å². The molecule has 0 aliphatic heterocycles. The maximum atomic E-state index is 13.2. The number of benzene rings is 6. The van der Waals surface area contributed by atoms with Gasteiger partial charge in [0.25, 0.3) is 0 Å². The zero-order valence-electron chi connectivity index (χ0n) is 28.9. The molecule has 5 heteroatoms. The molecule has 1 unspecified atom stereocenters. The van der Waals surface area contributed by atoms with E-state index in [2.05, 4.69) is 78.1 Å². The molecule has 6 aromatic rings. The molecule has 1 amide bonds. The zero-order chi connectivity index (χ0) is 35.0. The number of carbonyl (C=O) groups is 1. The lowest BCUT2D eigenvalue weighted by atomic mass is 9.80. The van der Waals surface area contributed by atoms with E-state index < -0.39 is 5.60 Å². The van der Waals surface area contributed by atoms with Crippen LogP contribution in [-0.4, -0.2) is 31.8 Å². The van der Waals surface area contributed by atoms with Crippen LogP contribution in [0.1, 0.15) is 39.8 Å². The summed E-state index contributed by atoms with van der Waals surface area (Å²) in [7, 11) is 0. The molecule has 0 aromatic heterocycles. The molecule has 0 spiro atoms. The van der Waals surface area contributed by atoms with Crippen LogP contribution in [0, 0.1) is 0 Å². The molecular formula is C46H45NO4. The van der Waals surface area contributed by atoms with Crippen molar-refractivity contribution in [2.75, 3.05) is 19.8 Å². The van der Waals surface area contributed by atoms with Crippen molar-refractivity contribution in [1.82, 2.24) is 5.32 Å². The van der Waals surface area contributed by atoms with Gasteiger partial charge in [0, 0.05) is 6.42 Å². The van der Waals surface area contributed by atoms with E-state index in [9.17, 15) is 4.79 Å². The van der Waals surface area contributed by atoms with Gasteiger partial charge in [0.05, 0.1) is 25.9 Å². The molecule has 0 aliphatic carbocycles. The monoisotopic (exact) mass is 675 g/mol. The van der Waals surface area contributed by atoms with E-state index in [-0.39, 0.29) is 11.9 Å². The number of hydrogen-bond acceptors (Lipinski definition) is 4. The summed E-state index contributed by atoms with van der Waals surface area (Å²) < 4.78 is 19.2. The summed E-state index contributed by atoms with van der Waals surface area (Å²) in [6.07, 6.45) is 1.71. The number of carbonyl (C=O) groups excluding carboxylic acids is 1. The zero-order valence-corrected chi connectivity index (χ0v) is 28.9. The Morgan fingerprint density at radius 2 is 1.04 bits per heavy atom. The summed E-state index contributed by atoms with van der Waals surface area (Å²) in [6.45, 7) is 1.57. The minimum atomic E-state index is -0.817. The Hall–Kier alpha value is -5.49. The Morgan fingerprint density at radius 1 is 0.549 bits per heavy atom. The highest BCUT2D eigenvalue weighted by molar-refractivity contribution is 5.76. The van der Waals surface area contributed by atoms with Gasteiger partial charge in [-0.1, -0.05) is 164 Å². The van der Waals surface area contributed by atoms with Crippen molar-refractivity contribution < 1.29 is 19.0 Å². The molecule has 0 heterocycles. The number of aryl methyl sites for hydroxylation is 1. The standard InChI is InChI=1S/C46H45NO4/c48-45(31-28-37-16-6-1-7-17-37)47-43(34-38-26-29-44(30-27-38)50-35-39-18-8-2-9-19-39)36-49-32-33-51-46(40-20-10-3-11-21-40,41-22-12-4-13-23-41)42-24-14-5-15-25-42/h1-27,29-30,43H,28,31-36H2,(H,47,48). The van der Waals surface area contributed by atoms with Crippen molar-refractivity contribution in [3.05, 3.63) is 209 Å². The van der Waals surface area contributed by atoms with Gasteiger partial charge in [-0.2, -0.15) is 0 Å². The van der Waals surface area contributed by atoms with Gasteiger partial charge in [0.15, 0.2) is 0 Å². The Kier molecular flexibility index (Phi) is 12.8. The first-order valence-electron chi connectivity index (χ1n) is 17.7. The topological polar surface area (TPSA) is 56.8 Å². The largest absolute Gasteiger partial charge is 0.489 e. The molecule has 0 bridgehead atoms. The lowest BCUT2D eigenvalue weighted by Gasteiger charge is -2.36. The minimum absolute atomic E-state index is 0.00256. The molecule has 0 radical (unpaired) electrons. The van der Waals surface area contributed by atoms with E-state index >= 15 is 0 Å². The van der Waals surface area contributed by atoms with E-state index in [1.807, 2.05) is 103 Å². The molecule has 0 aliphatic rings. The Bertz CT molecular complexity index is 1770. The summed E-state index contributed by atoms with van der Waals surface area (Å²) in [5.74, 6) is 0.806.